The van der Waals surface area contributed by atoms with Gasteiger partial charge in [-0.15, -0.1) is 0 Å². The highest BCUT2D eigenvalue weighted by atomic mass is 35.5. The van der Waals surface area contributed by atoms with Gasteiger partial charge in [-0.25, -0.2) is 0 Å². The minimum Gasteiger partial charge on any atom is -0.326 e. The monoisotopic (exact) mass is 318 g/mol. The molecular formula is C16H15ClN2O3. The number of anilines is 1. The second kappa shape index (κ2) is 7.04. The second-order valence-corrected chi connectivity index (χ2v) is 5.25. The zero-order valence-corrected chi connectivity index (χ0v) is 12.8. The van der Waals surface area contributed by atoms with Crippen LogP contribution in [0, 0.1) is 17.0 Å². The molecule has 0 atom stereocenters. The third kappa shape index (κ3) is 3.83. The molecule has 5 nitrogen and oxygen atoms in total. The molecule has 0 saturated heterocycles. The minimum atomic E-state index is -0.464. The van der Waals surface area contributed by atoms with Crippen molar-refractivity contribution < 1.29 is 9.72 Å². The lowest BCUT2D eigenvalue weighted by Crippen LogP contribution is -2.13. The number of hydrogen-bond acceptors (Lipinski definition) is 3. The maximum Gasteiger partial charge on any atom is 0.274 e. The first kappa shape index (κ1) is 16.0. The summed E-state index contributed by atoms with van der Waals surface area (Å²) in [5.41, 5.74) is 1.79. The topological polar surface area (TPSA) is 72.2 Å². The molecule has 0 radical (unpaired) electrons. The van der Waals surface area contributed by atoms with E-state index in [1.807, 2.05) is 18.2 Å². The van der Waals surface area contributed by atoms with Crippen LogP contribution in [-0.4, -0.2) is 10.8 Å². The molecule has 0 unspecified atom stereocenters. The molecule has 0 aliphatic heterocycles. The zero-order chi connectivity index (χ0) is 16.1. The average Bonchev–Trinajstić information content (AvgIpc) is 2.48. The lowest BCUT2D eigenvalue weighted by Gasteiger charge is -2.09. The van der Waals surface area contributed by atoms with Crippen LogP contribution in [0.3, 0.4) is 0 Å². The molecule has 1 N–H and O–H groups in total. The van der Waals surface area contributed by atoms with E-state index in [0.29, 0.717) is 22.7 Å². The fraction of sp³-hybridized carbons (Fsp3) is 0.188. The van der Waals surface area contributed by atoms with Gasteiger partial charge in [0.05, 0.1) is 16.2 Å². The van der Waals surface area contributed by atoms with E-state index in [2.05, 4.69) is 5.32 Å². The second-order valence-electron chi connectivity index (χ2n) is 4.85. The summed E-state index contributed by atoms with van der Waals surface area (Å²) in [4.78, 5) is 22.4. The molecule has 0 aromatic heterocycles. The van der Waals surface area contributed by atoms with Crippen molar-refractivity contribution in [1.29, 1.82) is 0 Å². The van der Waals surface area contributed by atoms with E-state index in [0.717, 1.165) is 5.56 Å². The Balaban J connectivity index is 2.02. The van der Waals surface area contributed by atoms with Crippen molar-refractivity contribution in [2.45, 2.75) is 19.8 Å². The number of rotatable bonds is 5. The van der Waals surface area contributed by atoms with E-state index in [1.54, 1.807) is 25.1 Å². The smallest absolute Gasteiger partial charge is 0.274 e. The van der Waals surface area contributed by atoms with Gasteiger partial charge in [-0.2, -0.15) is 0 Å². The zero-order valence-electron chi connectivity index (χ0n) is 12.0. The molecule has 0 aliphatic carbocycles. The Labute approximate surface area is 133 Å². The van der Waals surface area contributed by atoms with Gasteiger partial charge in [0.15, 0.2) is 0 Å². The van der Waals surface area contributed by atoms with Gasteiger partial charge in [0.1, 0.15) is 0 Å². The lowest BCUT2D eigenvalue weighted by molar-refractivity contribution is -0.385. The fourth-order valence-corrected chi connectivity index (χ4v) is 2.35. The van der Waals surface area contributed by atoms with Crippen LogP contribution in [0.15, 0.2) is 42.5 Å². The van der Waals surface area contributed by atoms with Crippen molar-refractivity contribution in [2.24, 2.45) is 0 Å². The molecule has 0 aliphatic rings. The van der Waals surface area contributed by atoms with Gasteiger partial charge >= 0.3 is 0 Å². The highest BCUT2D eigenvalue weighted by Crippen LogP contribution is 2.25. The van der Waals surface area contributed by atoms with Gasteiger partial charge in [-0.3, -0.25) is 14.9 Å². The normalized spacial score (nSPS) is 10.3. The third-order valence-corrected chi connectivity index (χ3v) is 3.72. The molecule has 2 aromatic rings. The molecular weight excluding hydrogens is 304 g/mol. The van der Waals surface area contributed by atoms with E-state index in [1.165, 1.54) is 6.07 Å². The van der Waals surface area contributed by atoms with Crippen molar-refractivity contribution in [3.63, 3.8) is 0 Å². The lowest BCUT2D eigenvalue weighted by atomic mass is 10.1. The Hall–Kier alpha value is -2.40. The highest BCUT2D eigenvalue weighted by molar-refractivity contribution is 6.31. The molecule has 0 saturated carbocycles. The van der Waals surface area contributed by atoms with Crippen molar-refractivity contribution in [1.82, 2.24) is 0 Å². The first-order valence-corrected chi connectivity index (χ1v) is 7.14. The standard InChI is InChI=1S/C16H15ClN2O3/c1-11-14(7-4-8-15(11)19(21)22)18-16(20)10-9-12-5-2-3-6-13(12)17/h2-8H,9-10H2,1H3,(H,18,20). The van der Waals surface area contributed by atoms with Gasteiger partial charge in [0.25, 0.3) is 5.69 Å². The summed E-state index contributed by atoms with van der Waals surface area (Å²) in [7, 11) is 0. The van der Waals surface area contributed by atoms with Crippen LogP contribution in [-0.2, 0) is 11.2 Å². The summed E-state index contributed by atoms with van der Waals surface area (Å²) in [5.74, 6) is -0.205. The van der Waals surface area contributed by atoms with Gasteiger partial charge < -0.3 is 5.32 Å². The number of amides is 1. The summed E-state index contributed by atoms with van der Waals surface area (Å²) in [6.07, 6.45) is 0.769. The predicted molar refractivity (Wildman–Crippen MR) is 86.2 cm³/mol. The van der Waals surface area contributed by atoms with Crippen LogP contribution in [0.1, 0.15) is 17.5 Å². The number of nitro benzene ring substituents is 1. The number of aryl methyl sites for hydroxylation is 1. The molecule has 6 heteroatoms. The van der Waals surface area contributed by atoms with Crippen LogP contribution in [0.4, 0.5) is 11.4 Å². The quantitative estimate of drug-likeness (QED) is 0.665. The van der Waals surface area contributed by atoms with Crippen molar-refractivity contribution in [3.05, 3.63) is 68.7 Å². The largest absolute Gasteiger partial charge is 0.326 e. The molecule has 114 valence electrons. The summed E-state index contributed by atoms with van der Waals surface area (Å²) in [5, 5.41) is 14.2. The number of hydrogen-bond donors (Lipinski definition) is 1. The van der Waals surface area contributed by atoms with Gasteiger partial charge in [-0.05, 0) is 31.0 Å². The number of carbonyl (C=O) groups excluding carboxylic acids is 1. The van der Waals surface area contributed by atoms with Crippen LogP contribution < -0.4 is 5.32 Å². The SMILES string of the molecule is Cc1c(NC(=O)CCc2ccccc2Cl)cccc1[N+](=O)[O-]. The third-order valence-electron chi connectivity index (χ3n) is 3.36. The summed E-state index contributed by atoms with van der Waals surface area (Å²) >= 11 is 6.04. The van der Waals surface area contributed by atoms with E-state index >= 15 is 0 Å². The van der Waals surface area contributed by atoms with Crippen molar-refractivity contribution >= 4 is 28.9 Å². The highest BCUT2D eigenvalue weighted by Gasteiger charge is 2.14. The Bertz CT molecular complexity index is 716. The average molecular weight is 319 g/mol. The van der Waals surface area contributed by atoms with Crippen LogP contribution >= 0.6 is 11.6 Å². The number of halogens is 1. The van der Waals surface area contributed by atoms with Gasteiger partial charge in [0.2, 0.25) is 5.91 Å². The minimum absolute atomic E-state index is 0.0103. The molecule has 0 spiro atoms. The molecule has 22 heavy (non-hydrogen) atoms. The van der Waals surface area contributed by atoms with E-state index in [9.17, 15) is 14.9 Å². The first-order valence-electron chi connectivity index (χ1n) is 6.76. The predicted octanol–water partition coefficient (Wildman–Crippen LogP) is 4.13. The molecule has 2 aromatic carbocycles. The van der Waals surface area contributed by atoms with Crippen molar-refractivity contribution in [2.75, 3.05) is 5.32 Å². The summed E-state index contributed by atoms with van der Waals surface area (Å²) in [6, 6.07) is 12.0. The van der Waals surface area contributed by atoms with Crippen LogP contribution in [0.5, 0.6) is 0 Å². The molecule has 0 fully saturated rings. The molecule has 1 amide bonds. The number of nitro groups is 1. The van der Waals surface area contributed by atoms with E-state index in [-0.39, 0.29) is 18.0 Å². The fourth-order valence-electron chi connectivity index (χ4n) is 2.12. The maximum absolute atomic E-state index is 12.0. The Kier molecular flexibility index (Phi) is 5.12. The molecule has 0 heterocycles. The van der Waals surface area contributed by atoms with Crippen LogP contribution in [0.2, 0.25) is 5.02 Å². The van der Waals surface area contributed by atoms with Crippen molar-refractivity contribution in [3.8, 4) is 0 Å². The Morgan fingerprint density at radius 3 is 2.64 bits per heavy atom. The molecule has 0 bridgehead atoms. The number of benzene rings is 2. The van der Waals surface area contributed by atoms with Gasteiger partial charge in [0, 0.05) is 17.5 Å². The summed E-state index contributed by atoms with van der Waals surface area (Å²) < 4.78 is 0. The Morgan fingerprint density at radius 2 is 1.95 bits per heavy atom. The summed E-state index contributed by atoms with van der Waals surface area (Å²) in [6.45, 7) is 1.61. The van der Waals surface area contributed by atoms with E-state index in [4.69, 9.17) is 11.6 Å². The number of nitrogens with zero attached hydrogens (tertiary/aromatic N) is 1. The number of nitrogens with one attached hydrogen (secondary N) is 1. The molecule has 2 rings (SSSR count). The van der Waals surface area contributed by atoms with E-state index < -0.39 is 4.92 Å². The van der Waals surface area contributed by atoms with Gasteiger partial charge in [-0.1, -0.05) is 35.9 Å². The maximum atomic E-state index is 12.0. The number of carbonyl (C=O) groups is 1. The van der Waals surface area contributed by atoms with Crippen LogP contribution in [0.25, 0.3) is 0 Å². The first-order chi connectivity index (χ1) is 10.5. The Morgan fingerprint density at radius 1 is 1.23 bits per heavy atom.